The summed E-state index contributed by atoms with van der Waals surface area (Å²) in [6, 6.07) is 3.67. The molecule has 6 nitrogen and oxygen atoms in total. The number of sulfonamides is 1. The molecule has 0 saturated carbocycles. The van der Waals surface area contributed by atoms with Crippen molar-refractivity contribution >= 4 is 16.0 Å². The molecule has 7 heteroatoms. The van der Waals surface area contributed by atoms with Gasteiger partial charge >= 0.3 is 5.97 Å². The lowest BCUT2D eigenvalue weighted by molar-refractivity contribution is -0.140. The minimum atomic E-state index is -3.79. The van der Waals surface area contributed by atoms with Gasteiger partial charge in [0.2, 0.25) is 10.0 Å². The van der Waals surface area contributed by atoms with Crippen molar-refractivity contribution in [3.63, 3.8) is 0 Å². The Morgan fingerprint density at radius 2 is 2.15 bits per heavy atom. The minimum absolute atomic E-state index is 0.131. The third-order valence-electron chi connectivity index (χ3n) is 3.46. The van der Waals surface area contributed by atoms with E-state index in [2.05, 4.69) is 0 Å². The van der Waals surface area contributed by atoms with Crippen molar-refractivity contribution in [3.05, 3.63) is 23.8 Å². The van der Waals surface area contributed by atoms with Gasteiger partial charge in [0.05, 0.1) is 12.0 Å². The van der Waals surface area contributed by atoms with Gasteiger partial charge in [0, 0.05) is 6.54 Å². The van der Waals surface area contributed by atoms with Crippen LogP contribution < -0.4 is 4.74 Å². The van der Waals surface area contributed by atoms with Crippen LogP contribution in [0.3, 0.4) is 0 Å². The van der Waals surface area contributed by atoms with E-state index in [1.54, 1.807) is 19.1 Å². The highest BCUT2D eigenvalue weighted by atomic mass is 32.2. The molecule has 0 bridgehead atoms. The Hall–Kier alpha value is -1.60. The van der Waals surface area contributed by atoms with E-state index < -0.39 is 22.0 Å². The fourth-order valence-electron chi connectivity index (χ4n) is 2.44. The van der Waals surface area contributed by atoms with E-state index in [1.807, 2.05) is 0 Å². The first-order chi connectivity index (χ1) is 9.37. The van der Waals surface area contributed by atoms with Gasteiger partial charge in [0.25, 0.3) is 0 Å². The average Bonchev–Trinajstić information content (AvgIpc) is 2.88. The van der Waals surface area contributed by atoms with E-state index >= 15 is 0 Å². The van der Waals surface area contributed by atoms with Gasteiger partial charge in [-0.05, 0) is 43.5 Å². The molecular weight excluding hydrogens is 282 g/mol. The van der Waals surface area contributed by atoms with Crippen molar-refractivity contribution in [2.75, 3.05) is 13.7 Å². The number of methoxy groups -OCH3 is 1. The van der Waals surface area contributed by atoms with Crippen LogP contribution in [0.5, 0.6) is 5.75 Å². The summed E-state index contributed by atoms with van der Waals surface area (Å²) >= 11 is 0. The first-order valence-electron chi connectivity index (χ1n) is 6.27. The van der Waals surface area contributed by atoms with Gasteiger partial charge in [-0.2, -0.15) is 4.31 Å². The average molecular weight is 299 g/mol. The van der Waals surface area contributed by atoms with E-state index in [4.69, 9.17) is 9.84 Å². The number of rotatable bonds is 4. The molecule has 1 aromatic rings. The highest BCUT2D eigenvalue weighted by Gasteiger charge is 2.39. The maximum Gasteiger partial charge on any atom is 0.322 e. The fourth-order valence-corrected chi connectivity index (χ4v) is 4.30. The molecule has 1 atom stereocenters. The van der Waals surface area contributed by atoms with Crippen molar-refractivity contribution in [3.8, 4) is 5.75 Å². The van der Waals surface area contributed by atoms with E-state index in [0.717, 1.165) is 4.31 Å². The number of aryl methyl sites for hydroxylation is 1. The summed E-state index contributed by atoms with van der Waals surface area (Å²) in [4.78, 5) is 11.3. The highest BCUT2D eigenvalue weighted by molar-refractivity contribution is 7.89. The number of carboxylic acids is 1. The van der Waals surface area contributed by atoms with Crippen molar-refractivity contribution in [2.24, 2.45) is 0 Å². The van der Waals surface area contributed by atoms with Crippen LogP contribution in [0.25, 0.3) is 0 Å². The maximum absolute atomic E-state index is 12.6. The predicted octanol–water partition coefficient (Wildman–Crippen LogP) is 1.24. The second kappa shape index (κ2) is 5.41. The molecule has 0 aromatic heterocycles. The maximum atomic E-state index is 12.6. The third kappa shape index (κ3) is 2.51. The zero-order valence-electron chi connectivity index (χ0n) is 11.4. The van der Waals surface area contributed by atoms with Gasteiger partial charge in [0.1, 0.15) is 11.8 Å². The van der Waals surface area contributed by atoms with Crippen LogP contribution in [0.2, 0.25) is 0 Å². The second-order valence-corrected chi connectivity index (χ2v) is 6.60. The Balaban J connectivity index is 2.42. The summed E-state index contributed by atoms with van der Waals surface area (Å²) in [6.45, 7) is 1.91. The van der Waals surface area contributed by atoms with Crippen LogP contribution in [0.15, 0.2) is 23.1 Å². The summed E-state index contributed by atoms with van der Waals surface area (Å²) < 4.78 is 31.3. The lowest BCUT2D eigenvalue weighted by Gasteiger charge is -2.22. The van der Waals surface area contributed by atoms with Gasteiger partial charge in [0.15, 0.2) is 0 Å². The quantitative estimate of drug-likeness (QED) is 0.904. The Kier molecular flexibility index (Phi) is 4.01. The number of ether oxygens (including phenoxy) is 1. The molecule has 0 radical (unpaired) electrons. The lowest BCUT2D eigenvalue weighted by atomic mass is 10.2. The topological polar surface area (TPSA) is 83.9 Å². The molecule has 1 aliphatic rings. The van der Waals surface area contributed by atoms with Gasteiger partial charge < -0.3 is 9.84 Å². The molecule has 0 aliphatic carbocycles. The highest BCUT2D eigenvalue weighted by Crippen LogP contribution is 2.29. The normalized spacial score (nSPS) is 20.0. The predicted molar refractivity (Wildman–Crippen MR) is 72.3 cm³/mol. The second-order valence-electron chi connectivity index (χ2n) is 4.74. The molecule has 1 aromatic carbocycles. The van der Waals surface area contributed by atoms with E-state index in [1.165, 1.54) is 13.2 Å². The van der Waals surface area contributed by atoms with Crippen LogP contribution in [-0.2, 0) is 14.8 Å². The number of hydrogen-bond acceptors (Lipinski definition) is 4. The van der Waals surface area contributed by atoms with Crippen LogP contribution in [0.4, 0.5) is 0 Å². The molecule has 20 heavy (non-hydrogen) atoms. The number of benzene rings is 1. The molecule has 1 N–H and O–H groups in total. The summed E-state index contributed by atoms with van der Waals surface area (Å²) in [7, 11) is -2.29. The lowest BCUT2D eigenvalue weighted by Crippen LogP contribution is -2.40. The number of carbonyl (C=O) groups is 1. The Labute approximate surface area is 118 Å². The SMILES string of the molecule is COc1ccc(S(=O)(=O)N2CCC[C@@H]2C(=O)O)c(C)c1. The van der Waals surface area contributed by atoms with Gasteiger partial charge in [-0.25, -0.2) is 8.42 Å². The smallest absolute Gasteiger partial charge is 0.322 e. The third-order valence-corrected chi connectivity index (χ3v) is 5.53. The molecule has 1 heterocycles. The summed E-state index contributed by atoms with van der Waals surface area (Å²) in [5.41, 5.74) is 0.542. The summed E-state index contributed by atoms with van der Waals surface area (Å²) in [5, 5.41) is 9.12. The molecule has 1 saturated heterocycles. The first kappa shape index (κ1) is 14.8. The fraction of sp³-hybridized carbons (Fsp3) is 0.462. The van der Waals surface area contributed by atoms with Crippen molar-refractivity contribution < 1.29 is 23.1 Å². The van der Waals surface area contributed by atoms with Crippen LogP contribution in [0.1, 0.15) is 18.4 Å². The molecule has 0 unspecified atom stereocenters. The van der Waals surface area contributed by atoms with Crippen molar-refractivity contribution in [1.29, 1.82) is 0 Å². The summed E-state index contributed by atoms with van der Waals surface area (Å²) in [6.07, 6.45) is 0.912. The number of aliphatic carboxylic acids is 1. The minimum Gasteiger partial charge on any atom is -0.497 e. The molecule has 110 valence electrons. The molecule has 1 fully saturated rings. The number of carboxylic acid groups (broad SMARTS) is 1. The Bertz CT molecular complexity index is 626. The summed E-state index contributed by atoms with van der Waals surface area (Å²) in [5.74, 6) is -0.533. The van der Waals surface area contributed by atoms with Gasteiger partial charge in [-0.1, -0.05) is 0 Å². The number of nitrogens with zero attached hydrogens (tertiary/aromatic N) is 1. The first-order valence-corrected chi connectivity index (χ1v) is 7.71. The van der Waals surface area contributed by atoms with E-state index in [0.29, 0.717) is 24.2 Å². The molecule has 0 amide bonds. The molecular formula is C13H17NO5S. The zero-order chi connectivity index (χ0) is 14.9. The zero-order valence-corrected chi connectivity index (χ0v) is 12.2. The van der Waals surface area contributed by atoms with Crippen molar-refractivity contribution in [2.45, 2.75) is 30.7 Å². The largest absolute Gasteiger partial charge is 0.497 e. The van der Waals surface area contributed by atoms with Gasteiger partial charge in [-0.15, -0.1) is 0 Å². The van der Waals surface area contributed by atoms with Crippen molar-refractivity contribution in [1.82, 2.24) is 4.31 Å². The Morgan fingerprint density at radius 3 is 2.70 bits per heavy atom. The van der Waals surface area contributed by atoms with Crippen LogP contribution in [0, 0.1) is 6.92 Å². The van der Waals surface area contributed by atoms with E-state index in [-0.39, 0.29) is 11.4 Å². The number of hydrogen-bond donors (Lipinski definition) is 1. The monoisotopic (exact) mass is 299 g/mol. The molecule has 1 aliphatic heterocycles. The van der Waals surface area contributed by atoms with E-state index in [9.17, 15) is 13.2 Å². The standard InChI is InChI=1S/C13H17NO5S/c1-9-8-10(19-2)5-6-12(9)20(17,18)14-7-3-4-11(14)13(15)16/h5-6,8,11H,3-4,7H2,1-2H3,(H,15,16)/t11-/m1/s1. The van der Waals surface area contributed by atoms with Gasteiger partial charge in [-0.3, -0.25) is 4.79 Å². The Morgan fingerprint density at radius 1 is 1.45 bits per heavy atom. The molecule has 2 rings (SSSR count). The van der Waals surface area contributed by atoms with Crippen LogP contribution >= 0.6 is 0 Å². The molecule has 0 spiro atoms. The van der Waals surface area contributed by atoms with Crippen LogP contribution in [-0.4, -0.2) is 43.5 Å².